The highest BCUT2D eigenvalue weighted by atomic mass is 127. The fourth-order valence-electron chi connectivity index (χ4n) is 3.48. The van der Waals surface area contributed by atoms with Crippen LogP contribution in [-0.4, -0.2) is 70.8 Å². The number of sulfonamides is 1. The monoisotopic (exact) mass is 473 g/mol. The van der Waals surface area contributed by atoms with Gasteiger partial charge in [-0.2, -0.15) is 0 Å². The molecule has 0 aromatic carbocycles. The SMILES string of the molecule is CN=C(NCCNS(C)(=O)=O)NC1CCN(C2CCCC2)CC1.I. The van der Waals surface area contributed by atoms with Gasteiger partial charge in [-0.05, 0) is 25.7 Å². The molecule has 0 aromatic rings. The van der Waals surface area contributed by atoms with Gasteiger partial charge in [-0.1, -0.05) is 12.8 Å². The van der Waals surface area contributed by atoms with Crippen molar-refractivity contribution in [2.24, 2.45) is 4.99 Å². The van der Waals surface area contributed by atoms with Gasteiger partial charge in [0.25, 0.3) is 0 Å². The number of nitrogens with zero attached hydrogens (tertiary/aromatic N) is 2. The first-order valence-electron chi connectivity index (χ1n) is 8.64. The number of hydrogen-bond donors (Lipinski definition) is 3. The molecule has 24 heavy (non-hydrogen) atoms. The third-order valence-electron chi connectivity index (χ3n) is 4.72. The van der Waals surface area contributed by atoms with Crippen molar-refractivity contribution in [2.75, 3.05) is 39.5 Å². The van der Waals surface area contributed by atoms with Crippen LogP contribution in [0.2, 0.25) is 0 Å². The molecule has 0 bridgehead atoms. The summed E-state index contributed by atoms with van der Waals surface area (Å²) in [5, 5.41) is 6.60. The Bertz CT molecular complexity index is 486. The van der Waals surface area contributed by atoms with Crippen LogP contribution in [-0.2, 0) is 10.0 Å². The standard InChI is InChI=1S/C15H31N5O2S.HI/c1-16-15(17-9-10-18-23(2,21)22)19-13-7-11-20(12-8-13)14-5-3-4-6-14;/h13-14,18H,3-12H2,1-2H3,(H2,16,17,19);1H. The molecule has 9 heteroatoms. The van der Waals surface area contributed by atoms with Gasteiger partial charge in [-0.15, -0.1) is 24.0 Å². The van der Waals surface area contributed by atoms with E-state index in [-0.39, 0.29) is 24.0 Å². The highest BCUT2D eigenvalue weighted by Crippen LogP contribution is 2.26. The van der Waals surface area contributed by atoms with Crippen LogP contribution < -0.4 is 15.4 Å². The molecule has 0 radical (unpaired) electrons. The van der Waals surface area contributed by atoms with Crippen molar-refractivity contribution in [1.29, 1.82) is 0 Å². The Hall–Kier alpha value is -0.130. The minimum absolute atomic E-state index is 0. The number of aliphatic imine (C=N–C) groups is 1. The lowest BCUT2D eigenvalue weighted by atomic mass is 10.0. The van der Waals surface area contributed by atoms with E-state index in [1.165, 1.54) is 25.7 Å². The number of rotatable bonds is 6. The smallest absolute Gasteiger partial charge is 0.208 e. The van der Waals surface area contributed by atoms with Gasteiger partial charge in [0.15, 0.2) is 5.96 Å². The van der Waals surface area contributed by atoms with Crippen LogP contribution in [0.15, 0.2) is 4.99 Å². The van der Waals surface area contributed by atoms with Crippen LogP contribution in [0.5, 0.6) is 0 Å². The maximum Gasteiger partial charge on any atom is 0.208 e. The fourth-order valence-corrected chi connectivity index (χ4v) is 3.96. The van der Waals surface area contributed by atoms with Crippen LogP contribution in [0.25, 0.3) is 0 Å². The summed E-state index contributed by atoms with van der Waals surface area (Å²) >= 11 is 0. The Kier molecular flexibility index (Phi) is 9.83. The molecule has 2 rings (SSSR count). The number of hydrogen-bond acceptors (Lipinski definition) is 4. The van der Waals surface area contributed by atoms with E-state index in [0.29, 0.717) is 19.1 Å². The maximum absolute atomic E-state index is 11.0. The molecule has 0 unspecified atom stereocenters. The van der Waals surface area contributed by atoms with Crippen LogP contribution >= 0.6 is 24.0 Å². The highest BCUT2D eigenvalue weighted by molar-refractivity contribution is 14.0. The molecule has 2 aliphatic rings. The minimum Gasteiger partial charge on any atom is -0.355 e. The fraction of sp³-hybridized carbons (Fsp3) is 0.933. The Morgan fingerprint density at radius 3 is 2.29 bits per heavy atom. The van der Waals surface area contributed by atoms with E-state index in [1.807, 2.05) is 0 Å². The number of piperidine rings is 1. The zero-order chi connectivity index (χ0) is 16.7. The lowest BCUT2D eigenvalue weighted by Gasteiger charge is -2.36. The van der Waals surface area contributed by atoms with Gasteiger partial charge in [-0.3, -0.25) is 4.99 Å². The molecule has 7 nitrogen and oxygen atoms in total. The van der Waals surface area contributed by atoms with E-state index < -0.39 is 10.0 Å². The molecule has 1 aliphatic heterocycles. The van der Waals surface area contributed by atoms with Crippen LogP contribution in [0.1, 0.15) is 38.5 Å². The van der Waals surface area contributed by atoms with E-state index in [0.717, 1.165) is 44.2 Å². The normalized spacial score (nSPS) is 21.5. The molecule has 0 aromatic heterocycles. The topological polar surface area (TPSA) is 85.8 Å². The highest BCUT2D eigenvalue weighted by Gasteiger charge is 2.27. The Balaban J connectivity index is 0.00000288. The van der Waals surface area contributed by atoms with Crippen molar-refractivity contribution in [3.05, 3.63) is 0 Å². The lowest BCUT2D eigenvalue weighted by molar-refractivity contribution is 0.150. The second kappa shape index (κ2) is 10.8. The second-order valence-corrected chi connectivity index (χ2v) is 8.39. The van der Waals surface area contributed by atoms with E-state index >= 15 is 0 Å². The molecule has 1 saturated heterocycles. The predicted octanol–water partition coefficient (Wildman–Crippen LogP) is 0.726. The van der Waals surface area contributed by atoms with Crippen molar-refractivity contribution in [3.8, 4) is 0 Å². The summed E-state index contributed by atoms with van der Waals surface area (Å²) < 4.78 is 24.5. The third-order valence-corrected chi connectivity index (χ3v) is 5.45. The van der Waals surface area contributed by atoms with E-state index in [1.54, 1.807) is 7.05 Å². The molecule has 3 N–H and O–H groups in total. The van der Waals surface area contributed by atoms with Crippen LogP contribution in [0, 0.1) is 0 Å². The van der Waals surface area contributed by atoms with Crippen molar-refractivity contribution < 1.29 is 8.42 Å². The Morgan fingerprint density at radius 2 is 1.75 bits per heavy atom. The van der Waals surface area contributed by atoms with Crippen molar-refractivity contribution >= 4 is 40.0 Å². The van der Waals surface area contributed by atoms with Gasteiger partial charge in [-0.25, -0.2) is 13.1 Å². The largest absolute Gasteiger partial charge is 0.355 e. The van der Waals surface area contributed by atoms with Gasteiger partial charge in [0.1, 0.15) is 0 Å². The zero-order valence-corrected chi connectivity index (χ0v) is 17.9. The predicted molar refractivity (Wildman–Crippen MR) is 110 cm³/mol. The molecule has 1 aliphatic carbocycles. The number of likely N-dealkylation sites (tertiary alicyclic amines) is 1. The minimum atomic E-state index is -3.13. The molecule has 0 amide bonds. The van der Waals surface area contributed by atoms with Crippen molar-refractivity contribution in [1.82, 2.24) is 20.3 Å². The summed E-state index contributed by atoms with van der Waals surface area (Å²) in [4.78, 5) is 6.87. The summed E-state index contributed by atoms with van der Waals surface area (Å²) in [5.74, 6) is 0.750. The quantitative estimate of drug-likeness (QED) is 0.229. The van der Waals surface area contributed by atoms with Crippen LogP contribution in [0.3, 0.4) is 0 Å². The van der Waals surface area contributed by atoms with Crippen molar-refractivity contribution in [3.63, 3.8) is 0 Å². The number of halogens is 1. The number of nitrogens with one attached hydrogen (secondary N) is 3. The van der Waals surface area contributed by atoms with E-state index in [4.69, 9.17) is 0 Å². The third kappa shape index (κ3) is 7.83. The first kappa shape index (κ1) is 21.9. The molecule has 1 saturated carbocycles. The Morgan fingerprint density at radius 1 is 1.12 bits per heavy atom. The summed E-state index contributed by atoms with van der Waals surface area (Å²) in [6.07, 6.45) is 8.96. The molecular formula is C15H32IN5O2S. The summed E-state index contributed by atoms with van der Waals surface area (Å²) in [6, 6.07) is 1.26. The summed E-state index contributed by atoms with van der Waals surface area (Å²) in [5.41, 5.74) is 0. The maximum atomic E-state index is 11.0. The lowest BCUT2D eigenvalue weighted by Crippen LogP contribution is -2.51. The Labute approximate surface area is 163 Å². The molecular weight excluding hydrogens is 441 g/mol. The van der Waals surface area contributed by atoms with Gasteiger partial charge < -0.3 is 15.5 Å². The van der Waals surface area contributed by atoms with E-state index in [9.17, 15) is 8.42 Å². The average Bonchev–Trinajstić information content (AvgIpc) is 3.04. The molecule has 1 heterocycles. The van der Waals surface area contributed by atoms with Gasteiger partial charge in [0.05, 0.1) is 6.26 Å². The molecule has 142 valence electrons. The van der Waals surface area contributed by atoms with Crippen molar-refractivity contribution in [2.45, 2.75) is 50.6 Å². The second-order valence-electron chi connectivity index (χ2n) is 6.56. The molecule has 2 fully saturated rings. The summed E-state index contributed by atoms with van der Waals surface area (Å²) in [7, 11) is -1.38. The molecule has 0 spiro atoms. The van der Waals surface area contributed by atoms with E-state index in [2.05, 4.69) is 25.2 Å². The number of guanidine groups is 1. The van der Waals surface area contributed by atoms with Crippen LogP contribution in [0.4, 0.5) is 0 Å². The first-order chi connectivity index (χ1) is 11.0. The molecule has 0 atom stereocenters. The van der Waals surface area contributed by atoms with Gasteiger partial charge in [0, 0.05) is 45.3 Å². The van der Waals surface area contributed by atoms with Gasteiger partial charge >= 0.3 is 0 Å². The zero-order valence-electron chi connectivity index (χ0n) is 14.8. The van der Waals surface area contributed by atoms with Gasteiger partial charge in [0.2, 0.25) is 10.0 Å². The summed E-state index contributed by atoms with van der Waals surface area (Å²) in [6.45, 7) is 3.21. The average molecular weight is 473 g/mol. The first-order valence-corrected chi connectivity index (χ1v) is 10.5.